The molecule has 0 radical (unpaired) electrons. The van der Waals surface area contributed by atoms with Crippen LogP contribution in [0.4, 0.5) is 5.82 Å². The largest absolute Gasteiger partial charge is 0.480 e. The average Bonchev–Trinajstić information content (AvgIpc) is 2.39. The fourth-order valence-electron chi connectivity index (χ4n) is 1.96. The maximum Gasteiger partial charge on any atom is 0.233 e. The quantitative estimate of drug-likeness (QED) is 0.814. The summed E-state index contributed by atoms with van der Waals surface area (Å²) in [5.41, 5.74) is 0. The second-order valence-corrected chi connectivity index (χ2v) is 4.03. The highest BCUT2D eigenvalue weighted by Gasteiger charge is 2.19. The van der Waals surface area contributed by atoms with Crippen LogP contribution >= 0.6 is 0 Å². The molecule has 0 bridgehead atoms. The van der Waals surface area contributed by atoms with Crippen molar-refractivity contribution >= 4 is 5.82 Å². The molecule has 1 aliphatic rings. The normalized spacial score (nSPS) is 20.5. The van der Waals surface area contributed by atoms with Crippen LogP contribution in [0.15, 0.2) is 12.4 Å². The minimum absolute atomic E-state index is 0.496. The summed E-state index contributed by atoms with van der Waals surface area (Å²) in [6, 6.07) is 0.496. The predicted octanol–water partition coefficient (Wildman–Crippen LogP) is 0.673. The molecule has 1 fully saturated rings. The van der Waals surface area contributed by atoms with E-state index < -0.39 is 0 Å². The van der Waals surface area contributed by atoms with Crippen molar-refractivity contribution in [1.29, 1.82) is 0 Å². The number of nitrogens with zero attached hydrogens (tertiary/aromatic N) is 3. The monoisotopic (exact) mass is 222 g/mol. The topological polar surface area (TPSA) is 50.3 Å². The Morgan fingerprint density at radius 2 is 2.38 bits per heavy atom. The van der Waals surface area contributed by atoms with Gasteiger partial charge in [0, 0.05) is 19.6 Å². The maximum atomic E-state index is 5.08. The van der Waals surface area contributed by atoms with E-state index in [2.05, 4.69) is 27.2 Å². The third-order valence-corrected chi connectivity index (χ3v) is 2.99. The Balaban J connectivity index is 2.09. The molecule has 0 saturated carbocycles. The van der Waals surface area contributed by atoms with E-state index in [-0.39, 0.29) is 0 Å². The van der Waals surface area contributed by atoms with Crippen molar-refractivity contribution < 1.29 is 4.74 Å². The van der Waals surface area contributed by atoms with E-state index in [4.69, 9.17) is 4.74 Å². The van der Waals surface area contributed by atoms with E-state index in [1.165, 1.54) is 12.8 Å². The molecule has 0 aliphatic carbocycles. The number of hydrogen-bond donors (Lipinski definition) is 1. The Morgan fingerprint density at radius 1 is 1.50 bits per heavy atom. The highest BCUT2D eigenvalue weighted by molar-refractivity contribution is 5.38. The lowest BCUT2D eigenvalue weighted by molar-refractivity contribution is 0.393. The number of anilines is 1. The van der Waals surface area contributed by atoms with Gasteiger partial charge < -0.3 is 15.0 Å². The van der Waals surface area contributed by atoms with Gasteiger partial charge in [0.15, 0.2) is 5.82 Å². The molecule has 2 heterocycles. The van der Waals surface area contributed by atoms with Gasteiger partial charge in [-0.1, -0.05) is 0 Å². The predicted molar refractivity (Wildman–Crippen MR) is 62.9 cm³/mol. The van der Waals surface area contributed by atoms with Crippen LogP contribution in [-0.2, 0) is 0 Å². The van der Waals surface area contributed by atoms with Crippen LogP contribution in [0.1, 0.15) is 12.8 Å². The molecular weight excluding hydrogens is 204 g/mol. The molecule has 0 aromatic carbocycles. The van der Waals surface area contributed by atoms with Crippen LogP contribution in [0.2, 0.25) is 0 Å². The van der Waals surface area contributed by atoms with Crippen molar-refractivity contribution in [3.63, 3.8) is 0 Å². The second-order valence-electron chi connectivity index (χ2n) is 4.03. The molecule has 1 unspecified atom stereocenters. The summed E-state index contributed by atoms with van der Waals surface area (Å²) in [7, 11) is 3.66. The minimum Gasteiger partial charge on any atom is -0.480 e. The lowest BCUT2D eigenvalue weighted by atomic mass is 10.1. The molecule has 5 nitrogen and oxygen atoms in total. The molecule has 1 aromatic heterocycles. The number of likely N-dealkylation sites (N-methyl/N-ethyl adjacent to an activating group) is 1. The lowest BCUT2D eigenvalue weighted by Gasteiger charge is -2.32. The Hall–Kier alpha value is -1.36. The number of ether oxygens (including phenoxy) is 1. The van der Waals surface area contributed by atoms with Gasteiger partial charge in [0.2, 0.25) is 5.88 Å². The number of methoxy groups -OCH3 is 1. The first-order valence-corrected chi connectivity index (χ1v) is 5.61. The van der Waals surface area contributed by atoms with E-state index >= 15 is 0 Å². The molecule has 5 heteroatoms. The summed E-state index contributed by atoms with van der Waals surface area (Å²) in [6.07, 6.45) is 5.81. The highest BCUT2D eigenvalue weighted by Crippen LogP contribution is 2.17. The third-order valence-electron chi connectivity index (χ3n) is 2.99. The Kier molecular flexibility index (Phi) is 3.56. The van der Waals surface area contributed by atoms with E-state index in [0.717, 1.165) is 18.9 Å². The van der Waals surface area contributed by atoms with Crippen LogP contribution < -0.4 is 15.0 Å². The lowest BCUT2D eigenvalue weighted by Crippen LogP contribution is -2.44. The van der Waals surface area contributed by atoms with Gasteiger partial charge in [-0.3, -0.25) is 4.98 Å². The van der Waals surface area contributed by atoms with Gasteiger partial charge in [0.25, 0.3) is 0 Å². The molecule has 88 valence electrons. The smallest absolute Gasteiger partial charge is 0.233 e. The van der Waals surface area contributed by atoms with Gasteiger partial charge in [-0.2, -0.15) is 4.98 Å². The van der Waals surface area contributed by atoms with Gasteiger partial charge in [-0.05, 0) is 19.4 Å². The Labute approximate surface area is 95.8 Å². The number of nitrogens with one attached hydrogen (secondary N) is 1. The van der Waals surface area contributed by atoms with E-state index in [1.54, 1.807) is 19.5 Å². The van der Waals surface area contributed by atoms with Crippen molar-refractivity contribution in [2.75, 3.05) is 32.1 Å². The van der Waals surface area contributed by atoms with Crippen LogP contribution in [-0.4, -0.2) is 43.3 Å². The molecule has 1 N–H and O–H groups in total. The molecule has 2 rings (SSSR count). The van der Waals surface area contributed by atoms with Gasteiger partial charge in [0.05, 0.1) is 19.5 Å². The summed E-state index contributed by atoms with van der Waals surface area (Å²) in [6.45, 7) is 2.13. The van der Waals surface area contributed by atoms with Gasteiger partial charge in [0.1, 0.15) is 0 Å². The number of hydrogen-bond acceptors (Lipinski definition) is 5. The van der Waals surface area contributed by atoms with Crippen molar-refractivity contribution in [2.45, 2.75) is 18.9 Å². The fraction of sp³-hybridized carbons (Fsp3) is 0.636. The second kappa shape index (κ2) is 5.12. The summed E-state index contributed by atoms with van der Waals surface area (Å²) < 4.78 is 5.08. The third kappa shape index (κ3) is 2.41. The Bertz CT molecular complexity index is 339. The standard InChI is InChI=1S/C11H18N4O/c1-15(9-4-3-5-12-6-9)10-7-13-8-11(14-10)16-2/h7-9,12H,3-6H2,1-2H3. The molecule has 0 amide bonds. The molecule has 16 heavy (non-hydrogen) atoms. The van der Waals surface area contributed by atoms with Crippen LogP contribution in [0, 0.1) is 0 Å². The zero-order valence-corrected chi connectivity index (χ0v) is 9.81. The van der Waals surface area contributed by atoms with Crippen molar-refractivity contribution in [3.8, 4) is 5.88 Å². The first kappa shape index (κ1) is 11.1. The summed E-state index contributed by atoms with van der Waals surface area (Å²) in [4.78, 5) is 10.7. The molecular formula is C11H18N4O. The van der Waals surface area contributed by atoms with Crippen LogP contribution in [0.25, 0.3) is 0 Å². The molecule has 1 aromatic rings. The van der Waals surface area contributed by atoms with Gasteiger partial charge >= 0.3 is 0 Å². The zero-order chi connectivity index (χ0) is 11.4. The van der Waals surface area contributed by atoms with E-state index in [9.17, 15) is 0 Å². The maximum absolute atomic E-state index is 5.08. The average molecular weight is 222 g/mol. The number of piperidine rings is 1. The molecule has 0 spiro atoms. The number of rotatable bonds is 3. The van der Waals surface area contributed by atoms with E-state index in [0.29, 0.717) is 11.9 Å². The minimum atomic E-state index is 0.496. The zero-order valence-electron chi connectivity index (χ0n) is 9.81. The van der Waals surface area contributed by atoms with Gasteiger partial charge in [-0.15, -0.1) is 0 Å². The molecule has 1 atom stereocenters. The van der Waals surface area contributed by atoms with Crippen LogP contribution in [0.5, 0.6) is 5.88 Å². The first-order valence-electron chi connectivity index (χ1n) is 5.61. The summed E-state index contributed by atoms with van der Waals surface area (Å²) in [5.74, 6) is 1.43. The summed E-state index contributed by atoms with van der Waals surface area (Å²) >= 11 is 0. The van der Waals surface area contributed by atoms with Crippen molar-refractivity contribution in [3.05, 3.63) is 12.4 Å². The fourth-order valence-corrected chi connectivity index (χ4v) is 1.96. The SMILES string of the molecule is COc1cncc(N(C)C2CCCNC2)n1. The van der Waals surface area contributed by atoms with Crippen molar-refractivity contribution in [2.24, 2.45) is 0 Å². The van der Waals surface area contributed by atoms with E-state index in [1.807, 2.05) is 0 Å². The van der Waals surface area contributed by atoms with Gasteiger partial charge in [-0.25, -0.2) is 0 Å². The molecule has 1 aliphatic heterocycles. The molecule has 1 saturated heterocycles. The van der Waals surface area contributed by atoms with Crippen LogP contribution in [0.3, 0.4) is 0 Å². The first-order chi connectivity index (χ1) is 7.81. The number of aromatic nitrogens is 2. The highest BCUT2D eigenvalue weighted by atomic mass is 16.5. The summed E-state index contributed by atoms with van der Waals surface area (Å²) in [5, 5.41) is 3.39. The Morgan fingerprint density at radius 3 is 3.06 bits per heavy atom. The van der Waals surface area contributed by atoms with Crippen molar-refractivity contribution in [1.82, 2.24) is 15.3 Å².